The normalized spacial score (nSPS) is 10.8. The van der Waals surface area contributed by atoms with Crippen molar-refractivity contribution in [2.45, 2.75) is 19.8 Å². The lowest BCUT2D eigenvalue weighted by molar-refractivity contribution is 0.0791. The number of carbonyl (C=O) groups excluding carboxylic acids is 1. The number of rotatable bonds is 8. The van der Waals surface area contributed by atoms with Crippen molar-refractivity contribution < 1.29 is 4.79 Å². The highest BCUT2D eigenvalue weighted by atomic mass is 35.5. The molecule has 0 aliphatic heterocycles. The Morgan fingerprint density at radius 1 is 1.24 bits per heavy atom. The van der Waals surface area contributed by atoms with Crippen LogP contribution in [-0.4, -0.2) is 56.5 Å². The fourth-order valence-electron chi connectivity index (χ4n) is 2.04. The lowest BCUT2D eigenvalue weighted by atomic mass is 10.1. The SMILES string of the molecule is CCCNc1ccc(Cl)cc1C(=O)N(C)CCCN(C)C. The molecule has 0 fully saturated rings. The Hall–Kier alpha value is -1.26. The molecular formula is C16H26ClN3O. The Morgan fingerprint density at radius 2 is 1.95 bits per heavy atom. The number of hydrogen-bond donors (Lipinski definition) is 1. The van der Waals surface area contributed by atoms with Gasteiger partial charge in [-0.2, -0.15) is 0 Å². The third kappa shape index (κ3) is 5.94. The smallest absolute Gasteiger partial charge is 0.255 e. The van der Waals surface area contributed by atoms with Crippen LogP contribution in [0, 0.1) is 0 Å². The van der Waals surface area contributed by atoms with Gasteiger partial charge < -0.3 is 15.1 Å². The first-order valence-electron chi connectivity index (χ1n) is 7.39. The topological polar surface area (TPSA) is 35.6 Å². The molecule has 1 aromatic carbocycles. The van der Waals surface area contributed by atoms with Crippen molar-refractivity contribution in [3.8, 4) is 0 Å². The number of nitrogens with one attached hydrogen (secondary N) is 1. The van der Waals surface area contributed by atoms with Crippen molar-refractivity contribution in [2.75, 3.05) is 46.1 Å². The van der Waals surface area contributed by atoms with Gasteiger partial charge in [0.05, 0.1) is 5.56 Å². The first-order chi connectivity index (χ1) is 9.95. The van der Waals surface area contributed by atoms with E-state index in [1.165, 1.54) is 0 Å². The van der Waals surface area contributed by atoms with Crippen molar-refractivity contribution >= 4 is 23.2 Å². The first kappa shape index (κ1) is 17.8. The summed E-state index contributed by atoms with van der Waals surface area (Å²) in [5, 5.41) is 3.87. The van der Waals surface area contributed by atoms with Crippen molar-refractivity contribution in [3.63, 3.8) is 0 Å². The summed E-state index contributed by atoms with van der Waals surface area (Å²) in [6, 6.07) is 5.42. The summed E-state index contributed by atoms with van der Waals surface area (Å²) < 4.78 is 0. The van der Waals surface area contributed by atoms with Crippen LogP contribution in [0.15, 0.2) is 18.2 Å². The van der Waals surface area contributed by atoms with E-state index in [9.17, 15) is 4.79 Å². The number of anilines is 1. The molecule has 0 bridgehead atoms. The summed E-state index contributed by atoms with van der Waals surface area (Å²) in [5.74, 6) is 0.00913. The highest BCUT2D eigenvalue weighted by Crippen LogP contribution is 2.22. The van der Waals surface area contributed by atoms with Crippen molar-refractivity contribution in [2.24, 2.45) is 0 Å². The van der Waals surface area contributed by atoms with Crippen LogP contribution < -0.4 is 5.32 Å². The highest BCUT2D eigenvalue weighted by molar-refractivity contribution is 6.31. The molecule has 1 aromatic rings. The Kier molecular flexibility index (Phi) is 7.54. The van der Waals surface area contributed by atoms with E-state index >= 15 is 0 Å². The van der Waals surface area contributed by atoms with Crippen molar-refractivity contribution in [1.82, 2.24) is 9.80 Å². The van der Waals surface area contributed by atoms with E-state index < -0.39 is 0 Å². The van der Waals surface area contributed by atoms with E-state index in [0.717, 1.165) is 38.2 Å². The van der Waals surface area contributed by atoms with Crippen molar-refractivity contribution in [3.05, 3.63) is 28.8 Å². The summed E-state index contributed by atoms with van der Waals surface area (Å²) in [6.07, 6.45) is 1.96. The summed E-state index contributed by atoms with van der Waals surface area (Å²) in [4.78, 5) is 16.4. The third-order valence-electron chi connectivity index (χ3n) is 3.22. The maximum Gasteiger partial charge on any atom is 0.255 e. The van der Waals surface area contributed by atoms with Crippen LogP contribution in [0.5, 0.6) is 0 Å². The largest absolute Gasteiger partial charge is 0.384 e. The third-order valence-corrected chi connectivity index (χ3v) is 3.46. The molecular weight excluding hydrogens is 286 g/mol. The van der Waals surface area contributed by atoms with Gasteiger partial charge in [0.15, 0.2) is 0 Å². The molecule has 0 heterocycles. The quantitative estimate of drug-likeness (QED) is 0.801. The molecule has 0 saturated carbocycles. The molecule has 1 rings (SSSR count). The van der Waals surface area contributed by atoms with Gasteiger partial charge in [-0.25, -0.2) is 0 Å². The lowest BCUT2D eigenvalue weighted by Crippen LogP contribution is -2.30. The van der Waals surface area contributed by atoms with Crippen LogP contribution >= 0.6 is 11.6 Å². The second kappa shape index (κ2) is 8.90. The van der Waals surface area contributed by atoms with E-state index in [4.69, 9.17) is 11.6 Å². The molecule has 0 spiro atoms. The highest BCUT2D eigenvalue weighted by Gasteiger charge is 2.16. The Labute approximate surface area is 133 Å². The Balaban J connectivity index is 2.77. The molecule has 4 nitrogen and oxygen atoms in total. The number of carbonyl (C=O) groups is 1. The average Bonchev–Trinajstić information content (AvgIpc) is 2.44. The summed E-state index contributed by atoms with van der Waals surface area (Å²) in [6.45, 7) is 4.63. The number of halogens is 1. The predicted octanol–water partition coefficient (Wildman–Crippen LogP) is 3.19. The lowest BCUT2D eigenvalue weighted by Gasteiger charge is -2.20. The molecule has 1 N–H and O–H groups in total. The fraction of sp³-hybridized carbons (Fsp3) is 0.562. The van der Waals surface area contributed by atoms with Crippen LogP contribution in [0.25, 0.3) is 0 Å². The van der Waals surface area contributed by atoms with Gasteiger partial charge in [-0.15, -0.1) is 0 Å². The van der Waals surface area contributed by atoms with Gasteiger partial charge in [-0.3, -0.25) is 4.79 Å². The van der Waals surface area contributed by atoms with Gasteiger partial charge in [0.25, 0.3) is 5.91 Å². The van der Waals surface area contributed by atoms with E-state index in [-0.39, 0.29) is 5.91 Å². The number of benzene rings is 1. The van der Waals surface area contributed by atoms with Gasteiger partial charge in [-0.1, -0.05) is 18.5 Å². The first-order valence-corrected chi connectivity index (χ1v) is 7.77. The van der Waals surface area contributed by atoms with Crippen LogP contribution in [0.4, 0.5) is 5.69 Å². The number of amides is 1. The molecule has 0 saturated heterocycles. The monoisotopic (exact) mass is 311 g/mol. The molecule has 118 valence electrons. The molecule has 21 heavy (non-hydrogen) atoms. The molecule has 1 amide bonds. The van der Waals surface area contributed by atoms with Crippen LogP contribution in [0.1, 0.15) is 30.1 Å². The minimum absolute atomic E-state index is 0.00913. The maximum absolute atomic E-state index is 12.6. The molecule has 0 aliphatic rings. The second-order valence-electron chi connectivity index (χ2n) is 5.50. The predicted molar refractivity (Wildman–Crippen MR) is 90.4 cm³/mol. The summed E-state index contributed by atoms with van der Waals surface area (Å²) in [7, 11) is 5.90. The summed E-state index contributed by atoms with van der Waals surface area (Å²) in [5.41, 5.74) is 1.49. The van der Waals surface area contributed by atoms with Gasteiger partial charge in [0, 0.05) is 30.8 Å². The molecule has 0 unspecified atom stereocenters. The second-order valence-corrected chi connectivity index (χ2v) is 5.94. The van der Waals surface area contributed by atoms with Crippen LogP contribution in [0.3, 0.4) is 0 Å². The molecule has 5 heteroatoms. The van der Waals surface area contributed by atoms with Crippen LogP contribution in [-0.2, 0) is 0 Å². The zero-order valence-electron chi connectivity index (χ0n) is 13.4. The maximum atomic E-state index is 12.6. The van der Waals surface area contributed by atoms with E-state index in [1.54, 1.807) is 11.0 Å². The number of nitrogens with zero attached hydrogens (tertiary/aromatic N) is 2. The Morgan fingerprint density at radius 3 is 2.57 bits per heavy atom. The minimum Gasteiger partial charge on any atom is -0.384 e. The zero-order valence-corrected chi connectivity index (χ0v) is 14.2. The van der Waals surface area contributed by atoms with Crippen molar-refractivity contribution in [1.29, 1.82) is 0 Å². The molecule has 0 aliphatic carbocycles. The van der Waals surface area contributed by atoms with Gasteiger partial charge in [0.2, 0.25) is 0 Å². The summed E-state index contributed by atoms with van der Waals surface area (Å²) >= 11 is 6.04. The van der Waals surface area contributed by atoms with Gasteiger partial charge >= 0.3 is 0 Å². The van der Waals surface area contributed by atoms with Crippen LogP contribution in [0.2, 0.25) is 5.02 Å². The van der Waals surface area contributed by atoms with E-state index in [1.807, 2.05) is 33.3 Å². The van der Waals surface area contributed by atoms with Gasteiger partial charge in [-0.05, 0) is 51.7 Å². The van der Waals surface area contributed by atoms with E-state index in [2.05, 4.69) is 17.1 Å². The average molecular weight is 312 g/mol. The molecule has 0 atom stereocenters. The molecule has 0 aromatic heterocycles. The molecule has 0 radical (unpaired) electrons. The Bertz CT molecular complexity index is 463. The zero-order chi connectivity index (χ0) is 15.8. The van der Waals surface area contributed by atoms with Gasteiger partial charge in [0.1, 0.15) is 0 Å². The van der Waals surface area contributed by atoms with E-state index in [0.29, 0.717) is 10.6 Å². The standard InChI is InChI=1S/C16H26ClN3O/c1-5-9-18-15-8-7-13(17)12-14(15)16(21)20(4)11-6-10-19(2)3/h7-8,12,18H,5-6,9-11H2,1-4H3. The fourth-order valence-corrected chi connectivity index (χ4v) is 2.21. The minimum atomic E-state index is 0.00913. The number of hydrogen-bond acceptors (Lipinski definition) is 3.